The molecule has 1 aliphatic heterocycles. The summed E-state index contributed by atoms with van der Waals surface area (Å²) in [6, 6.07) is 11.7. The smallest absolute Gasteiger partial charge is 0.272 e. The van der Waals surface area contributed by atoms with Crippen molar-refractivity contribution in [2.45, 2.75) is 51.6 Å². The van der Waals surface area contributed by atoms with Gasteiger partial charge in [-0.2, -0.15) is 5.10 Å². The van der Waals surface area contributed by atoms with Gasteiger partial charge in [0, 0.05) is 24.3 Å². The van der Waals surface area contributed by atoms with Gasteiger partial charge in [0.2, 0.25) is 0 Å². The molecular weight excluding hydrogens is 485 g/mol. The fraction of sp³-hybridized carbons (Fsp3) is 0.393. The van der Waals surface area contributed by atoms with Crippen LogP contribution in [0.4, 0.5) is 4.39 Å². The SMILES string of the molecule is CCC(CCNC)c1nnc2n1C(C)CN(C(=O)c1cc(Cc3n[nH]c(=O)c4ccccc34)ccc1F)C2. The molecule has 0 spiro atoms. The highest BCUT2D eigenvalue weighted by molar-refractivity contribution is 5.95. The van der Waals surface area contributed by atoms with Crippen LogP contribution in [0.3, 0.4) is 0 Å². The molecule has 2 N–H and O–H groups in total. The van der Waals surface area contributed by atoms with Crippen LogP contribution in [0.15, 0.2) is 47.3 Å². The fourth-order valence-corrected chi connectivity index (χ4v) is 5.35. The van der Waals surface area contributed by atoms with Gasteiger partial charge in [-0.3, -0.25) is 9.59 Å². The van der Waals surface area contributed by atoms with Crippen LogP contribution >= 0.6 is 0 Å². The standard InChI is InChI=1S/C28H32FN7O2/c1-4-19(11-12-30-3)26-33-32-25-16-35(15-17(2)36(25)26)28(38)22-13-18(9-10-23(22)29)14-24-20-7-5-6-8-21(20)27(37)34-31-24/h5-10,13,17,19,30H,4,11-12,14-16H2,1-3H3,(H,34,37). The van der Waals surface area contributed by atoms with Gasteiger partial charge >= 0.3 is 0 Å². The molecule has 0 fully saturated rings. The molecule has 0 saturated heterocycles. The summed E-state index contributed by atoms with van der Waals surface area (Å²) in [5, 5.41) is 20.1. The molecule has 2 aromatic heterocycles. The van der Waals surface area contributed by atoms with Gasteiger partial charge < -0.3 is 14.8 Å². The molecule has 9 nitrogen and oxygen atoms in total. The maximum absolute atomic E-state index is 14.9. The lowest BCUT2D eigenvalue weighted by Crippen LogP contribution is -2.41. The van der Waals surface area contributed by atoms with Gasteiger partial charge in [-0.25, -0.2) is 9.49 Å². The van der Waals surface area contributed by atoms with Crippen molar-refractivity contribution in [1.82, 2.24) is 35.2 Å². The lowest BCUT2D eigenvalue weighted by Gasteiger charge is -2.33. The van der Waals surface area contributed by atoms with Gasteiger partial charge in [0.05, 0.1) is 29.2 Å². The number of carbonyl (C=O) groups is 1. The Labute approximate surface area is 220 Å². The molecule has 2 atom stereocenters. The van der Waals surface area contributed by atoms with Gasteiger partial charge in [0.15, 0.2) is 5.82 Å². The van der Waals surface area contributed by atoms with Crippen LogP contribution in [-0.4, -0.2) is 55.9 Å². The second kappa shape index (κ2) is 10.8. The Morgan fingerprint density at radius 3 is 2.76 bits per heavy atom. The van der Waals surface area contributed by atoms with Crippen LogP contribution in [0, 0.1) is 5.82 Å². The summed E-state index contributed by atoms with van der Waals surface area (Å²) < 4.78 is 17.1. The van der Waals surface area contributed by atoms with Crippen molar-refractivity contribution in [2.24, 2.45) is 0 Å². The number of H-pyrrole nitrogens is 1. The van der Waals surface area contributed by atoms with E-state index in [1.165, 1.54) is 6.07 Å². The summed E-state index contributed by atoms with van der Waals surface area (Å²) in [6.45, 7) is 5.79. The number of benzene rings is 2. The molecule has 1 aliphatic rings. The Bertz CT molecular complexity index is 1530. The van der Waals surface area contributed by atoms with Crippen LogP contribution in [-0.2, 0) is 13.0 Å². The number of hydrogen-bond acceptors (Lipinski definition) is 6. The van der Waals surface area contributed by atoms with E-state index in [2.05, 4.69) is 37.2 Å². The number of carbonyl (C=O) groups excluding carboxylic acids is 1. The summed E-state index contributed by atoms with van der Waals surface area (Å²) in [5.41, 5.74) is 1.13. The van der Waals surface area contributed by atoms with E-state index in [-0.39, 0.29) is 35.5 Å². The van der Waals surface area contributed by atoms with Crippen LogP contribution in [0.2, 0.25) is 0 Å². The molecule has 38 heavy (non-hydrogen) atoms. The average Bonchev–Trinajstić information content (AvgIpc) is 3.36. The zero-order valence-corrected chi connectivity index (χ0v) is 21.9. The predicted molar refractivity (Wildman–Crippen MR) is 143 cm³/mol. The molecule has 3 heterocycles. The van der Waals surface area contributed by atoms with Gasteiger partial charge in [0.25, 0.3) is 11.5 Å². The monoisotopic (exact) mass is 517 g/mol. The van der Waals surface area contributed by atoms with Gasteiger partial charge in [-0.05, 0) is 57.1 Å². The van der Waals surface area contributed by atoms with E-state index < -0.39 is 5.82 Å². The van der Waals surface area contributed by atoms with Gasteiger partial charge in [0.1, 0.15) is 11.6 Å². The van der Waals surface area contributed by atoms with Gasteiger partial charge in [-0.15, -0.1) is 10.2 Å². The van der Waals surface area contributed by atoms with E-state index in [0.29, 0.717) is 24.0 Å². The minimum atomic E-state index is -0.573. The Hall–Kier alpha value is -3.92. The maximum atomic E-state index is 14.9. The first kappa shape index (κ1) is 25.7. The van der Waals surface area contributed by atoms with Crippen molar-refractivity contribution in [2.75, 3.05) is 20.1 Å². The molecule has 0 aliphatic carbocycles. The molecule has 0 radical (unpaired) electrons. The highest BCUT2D eigenvalue weighted by Crippen LogP contribution is 2.30. The third-order valence-corrected chi connectivity index (χ3v) is 7.35. The van der Waals surface area contributed by atoms with Crippen LogP contribution in [0.25, 0.3) is 10.8 Å². The minimum absolute atomic E-state index is 0.0112. The minimum Gasteiger partial charge on any atom is -0.329 e. The summed E-state index contributed by atoms with van der Waals surface area (Å²) >= 11 is 0. The van der Waals surface area contributed by atoms with E-state index in [4.69, 9.17) is 0 Å². The Morgan fingerprint density at radius 1 is 1.21 bits per heavy atom. The van der Waals surface area contributed by atoms with Crippen molar-refractivity contribution in [1.29, 1.82) is 0 Å². The number of nitrogens with one attached hydrogen (secondary N) is 2. The van der Waals surface area contributed by atoms with E-state index in [1.54, 1.807) is 29.2 Å². The molecule has 4 aromatic rings. The van der Waals surface area contributed by atoms with E-state index >= 15 is 0 Å². The summed E-state index contributed by atoms with van der Waals surface area (Å²) in [4.78, 5) is 27.3. The zero-order valence-electron chi connectivity index (χ0n) is 21.9. The van der Waals surface area contributed by atoms with Crippen molar-refractivity contribution < 1.29 is 9.18 Å². The second-order valence-corrected chi connectivity index (χ2v) is 9.91. The first-order valence-electron chi connectivity index (χ1n) is 13.0. The molecular formula is C28H32FN7O2. The largest absolute Gasteiger partial charge is 0.329 e. The molecule has 1 amide bonds. The highest BCUT2D eigenvalue weighted by Gasteiger charge is 2.32. The molecule has 2 unspecified atom stereocenters. The van der Waals surface area contributed by atoms with E-state index in [9.17, 15) is 14.0 Å². The fourth-order valence-electron chi connectivity index (χ4n) is 5.35. The number of fused-ring (bicyclic) bond motifs is 2. The number of aromatic nitrogens is 5. The number of hydrogen-bond donors (Lipinski definition) is 2. The van der Waals surface area contributed by atoms with Crippen molar-refractivity contribution in [3.05, 3.63) is 87.1 Å². The van der Waals surface area contributed by atoms with Crippen molar-refractivity contribution >= 4 is 16.7 Å². The van der Waals surface area contributed by atoms with Crippen molar-refractivity contribution in [3.63, 3.8) is 0 Å². The summed E-state index contributed by atoms with van der Waals surface area (Å²) in [5.74, 6) is 0.992. The Balaban J connectivity index is 1.39. The molecule has 5 rings (SSSR count). The number of aromatic amines is 1. The van der Waals surface area contributed by atoms with Crippen LogP contribution in [0.1, 0.15) is 71.9 Å². The van der Waals surface area contributed by atoms with Crippen LogP contribution < -0.4 is 10.9 Å². The molecule has 0 bridgehead atoms. The van der Waals surface area contributed by atoms with Gasteiger partial charge in [-0.1, -0.05) is 31.2 Å². The van der Waals surface area contributed by atoms with E-state index in [0.717, 1.165) is 42.0 Å². The highest BCUT2D eigenvalue weighted by atomic mass is 19.1. The average molecular weight is 518 g/mol. The Morgan fingerprint density at radius 2 is 2.00 bits per heavy atom. The molecule has 10 heteroatoms. The predicted octanol–water partition coefficient (Wildman–Crippen LogP) is 3.56. The topological polar surface area (TPSA) is 109 Å². The quantitative estimate of drug-likeness (QED) is 0.370. The normalized spacial score (nSPS) is 16.0. The zero-order chi connectivity index (χ0) is 26.8. The number of nitrogens with zero attached hydrogens (tertiary/aromatic N) is 5. The van der Waals surface area contributed by atoms with E-state index in [1.807, 2.05) is 26.1 Å². The summed E-state index contributed by atoms with van der Waals surface area (Å²) in [6.07, 6.45) is 2.25. The third-order valence-electron chi connectivity index (χ3n) is 7.35. The first-order chi connectivity index (χ1) is 18.4. The number of amides is 1. The number of halogens is 1. The lowest BCUT2D eigenvalue weighted by atomic mass is 10.00. The first-order valence-corrected chi connectivity index (χ1v) is 13.0. The van der Waals surface area contributed by atoms with Crippen LogP contribution in [0.5, 0.6) is 0 Å². The lowest BCUT2D eigenvalue weighted by molar-refractivity contribution is 0.0674. The molecule has 2 aromatic carbocycles. The van der Waals surface area contributed by atoms with Crippen molar-refractivity contribution in [3.8, 4) is 0 Å². The summed E-state index contributed by atoms with van der Waals surface area (Å²) in [7, 11) is 1.94. The Kier molecular flexibility index (Phi) is 7.33. The maximum Gasteiger partial charge on any atom is 0.272 e. The molecule has 0 saturated carbocycles. The third kappa shape index (κ3) is 4.83. The second-order valence-electron chi connectivity index (χ2n) is 9.91. The number of rotatable bonds is 8. The molecule has 198 valence electrons.